The Morgan fingerprint density at radius 2 is 1.78 bits per heavy atom. The molecule has 2 aromatic carbocycles. The summed E-state index contributed by atoms with van der Waals surface area (Å²) in [5.41, 5.74) is 1.31. The third-order valence-corrected chi connectivity index (χ3v) is 3.94. The Kier molecular flexibility index (Phi) is 8.38. The van der Waals surface area contributed by atoms with E-state index in [1.807, 2.05) is 24.3 Å². The summed E-state index contributed by atoms with van der Waals surface area (Å²) in [6, 6.07) is 14.2. The lowest BCUT2D eigenvalue weighted by molar-refractivity contribution is -0.116. The summed E-state index contributed by atoms with van der Waals surface area (Å²) in [5.74, 6) is 0.683. The molecular weight excluding hydrogens is 410 g/mol. The lowest BCUT2D eigenvalue weighted by atomic mass is 10.2. The van der Waals surface area contributed by atoms with Crippen LogP contribution in [0.4, 0.5) is 16.2 Å². The number of halogens is 1. The van der Waals surface area contributed by atoms with Crippen molar-refractivity contribution in [1.29, 1.82) is 0 Å². The van der Waals surface area contributed by atoms with Crippen LogP contribution in [0.25, 0.3) is 0 Å². The van der Waals surface area contributed by atoms with Crippen LogP contribution in [-0.2, 0) is 4.79 Å². The van der Waals surface area contributed by atoms with E-state index < -0.39 is 0 Å². The van der Waals surface area contributed by atoms with Gasteiger partial charge in [0, 0.05) is 28.8 Å². The highest BCUT2D eigenvalue weighted by Gasteiger charge is 2.04. The molecule has 0 aliphatic carbocycles. The zero-order valence-corrected chi connectivity index (χ0v) is 16.4. The van der Waals surface area contributed by atoms with E-state index in [9.17, 15) is 9.59 Å². The van der Waals surface area contributed by atoms with Crippen LogP contribution in [-0.4, -0.2) is 25.1 Å². The molecule has 0 saturated carbocycles. The van der Waals surface area contributed by atoms with E-state index in [0.29, 0.717) is 37.4 Å². The van der Waals surface area contributed by atoms with E-state index in [0.717, 1.165) is 10.2 Å². The van der Waals surface area contributed by atoms with Crippen molar-refractivity contribution < 1.29 is 14.3 Å². The van der Waals surface area contributed by atoms with Gasteiger partial charge in [-0.3, -0.25) is 4.79 Å². The van der Waals surface area contributed by atoms with Crippen LogP contribution >= 0.6 is 15.9 Å². The first-order valence-corrected chi connectivity index (χ1v) is 9.30. The van der Waals surface area contributed by atoms with Crippen molar-refractivity contribution in [2.24, 2.45) is 0 Å². The maximum atomic E-state index is 12.0. The highest BCUT2D eigenvalue weighted by molar-refractivity contribution is 9.10. The molecule has 0 spiro atoms. The van der Waals surface area contributed by atoms with Gasteiger partial charge in [0.2, 0.25) is 5.91 Å². The van der Waals surface area contributed by atoms with Crippen LogP contribution in [0.2, 0.25) is 0 Å². The molecule has 142 valence electrons. The second kappa shape index (κ2) is 11.0. The first kappa shape index (κ1) is 20.5. The molecule has 0 aliphatic rings. The molecule has 2 rings (SSSR count). The molecule has 0 unspecified atom stereocenters. The number of hydrogen-bond acceptors (Lipinski definition) is 3. The van der Waals surface area contributed by atoms with Gasteiger partial charge in [-0.2, -0.15) is 0 Å². The van der Waals surface area contributed by atoms with E-state index in [2.05, 4.69) is 38.5 Å². The van der Waals surface area contributed by atoms with E-state index >= 15 is 0 Å². The average molecular weight is 432 g/mol. The minimum atomic E-state index is -0.308. The highest BCUT2D eigenvalue weighted by atomic mass is 79.9. The van der Waals surface area contributed by atoms with Crippen LogP contribution in [0.1, 0.15) is 12.8 Å². The lowest BCUT2D eigenvalue weighted by Gasteiger charge is -2.09. The Bertz CT molecular complexity index is 778. The van der Waals surface area contributed by atoms with Gasteiger partial charge in [0.1, 0.15) is 5.75 Å². The van der Waals surface area contributed by atoms with Gasteiger partial charge in [0.15, 0.2) is 0 Å². The second-order valence-corrected chi connectivity index (χ2v) is 6.57. The number of amides is 3. The minimum Gasteiger partial charge on any atom is -0.494 e. The molecule has 6 nitrogen and oxygen atoms in total. The van der Waals surface area contributed by atoms with E-state index in [4.69, 9.17) is 4.74 Å². The fourth-order valence-electron chi connectivity index (χ4n) is 2.18. The summed E-state index contributed by atoms with van der Waals surface area (Å²) in [4.78, 5) is 23.5. The molecule has 0 aromatic heterocycles. The second-order valence-electron chi connectivity index (χ2n) is 5.66. The summed E-state index contributed by atoms with van der Waals surface area (Å²) in [6.45, 7) is 4.39. The van der Waals surface area contributed by atoms with Gasteiger partial charge in [-0.25, -0.2) is 4.79 Å². The van der Waals surface area contributed by atoms with Gasteiger partial charge >= 0.3 is 6.03 Å². The van der Waals surface area contributed by atoms with Gasteiger partial charge in [-0.05, 0) is 48.9 Å². The summed E-state index contributed by atoms with van der Waals surface area (Å²) in [6.07, 6.45) is 2.57. The summed E-state index contributed by atoms with van der Waals surface area (Å²) < 4.78 is 6.56. The zero-order chi connectivity index (χ0) is 19.5. The van der Waals surface area contributed by atoms with Crippen LogP contribution in [0, 0.1) is 0 Å². The van der Waals surface area contributed by atoms with Crippen molar-refractivity contribution in [2.45, 2.75) is 12.8 Å². The van der Waals surface area contributed by atoms with Gasteiger partial charge in [0.25, 0.3) is 0 Å². The normalized spacial score (nSPS) is 9.96. The van der Waals surface area contributed by atoms with Crippen LogP contribution in [0.15, 0.2) is 65.7 Å². The number of carbonyl (C=O) groups excluding carboxylic acids is 2. The maximum absolute atomic E-state index is 12.0. The standard InChI is InChI=1S/C20H22BrN3O3/c1-2-12-22-20(26)24-17-10-8-16(9-11-17)23-19(25)7-4-13-27-18-6-3-5-15(21)14-18/h2-3,5-6,8-11,14H,1,4,7,12-13H2,(H,23,25)(H2,22,24,26). The van der Waals surface area contributed by atoms with E-state index in [1.165, 1.54) is 0 Å². The molecule has 3 N–H and O–H groups in total. The smallest absolute Gasteiger partial charge is 0.319 e. The number of urea groups is 1. The van der Waals surface area contributed by atoms with Gasteiger partial charge in [0.05, 0.1) is 6.61 Å². The number of ether oxygens (including phenoxy) is 1. The van der Waals surface area contributed by atoms with E-state index in [1.54, 1.807) is 30.3 Å². The summed E-state index contributed by atoms with van der Waals surface area (Å²) >= 11 is 3.39. The quantitative estimate of drug-likeness (QED) is 0.402. The van der Waals surface area contributed by atoms with Crippen molar-refractivity contribution in [3.63, 3.8) is 0 Å². The number of rotatable bonds is 9. The summed E-state index contributed by atoms with van der Waals surface area (Å²) in [5, 5.41) is 8.13. The van der Waals surface area contributed by atoms with Crippen LogP contribution < -0.4 is 20.7 Å². The van der Waals surface area contributed by atoms with Crippen molar-refractivity contribution in [2.75, 3.05) is 23.8 Å². The van der Waals surface area contributed by atoms with Gasteiger partial charge in [-0.15, -0.1) is 6.58 Å². The predicted molar refractivity (Wildman–Crippen MR) is 111 cm³/mol. The third kappa shape index (κ3) is 7.96. The molecule has 0 aliphatic heterocycles. The number of nitrogens with one attached hydrogen (secondary N) is 3. The Balaban J connectivity index is 1.69. The molecule has 0 heterocycles. The number of carbonyl (C=O) groups is 2. The SMILES string of the molecule is C=CCNC(=O)Nc1ccc(NC(=O)CCCOc2cccc(Br)c2)cc1. The Morgan fingerprint density at radius 1 is 1.07 bits per heavy atom. The van der Waals surface area contributed by atoms with Gasteiger partial charge < -0.3 is 20.7 Å². The first-order valence-electron chi connectivity index (χ1n) is 8.51. The third-order valence-electron chi connectivity index (χ3n) is 3.45. The monoisotopic (exact) mass is 431 g/mol. The Morgan fingerprint density at radius 3 is 2.44 bits per heavy atom. The molecule has 0 fully saturated rings. The first-order chi connectivity index (χ1) is 13.1. The number of anilines is 2. The molecule has 7 heteroatoms. The van der Waals surface area contributed by atoms with Crippen molar-refractivity contribution in [3.05, 3.63) is 65.7 Å². The van der Waals surface area contributed by atoms with Crippen molar-refractivity contribution in [3.8, 4) is 5.75 Å². The molecule has 27 heavy (non-hydrogen) atoms. The Labute approximate surface area is 167 Å². The molecule has 3 amide bonds. The molecule has 0 bridgehead atoms. The molecular formula is C20H22BrN3O3. The summed E-state index contributed by atoms with van der Waals surface area (Å²) in [7, 11) is 0. The number of hydrogen-bond donors (Lipinski definition) is 3. The van der Waals surface area contributed by atoms with Gasteiger partial charge in [-0.1, -0.05) is 28.1 Å². The maximum Gasteiger partial charge on any atom is 0.319 e. The van der Waals surface area contributed by atoms with E-state index in [-0.39, 0.29) is 11.9 Å². The lowest BCUT2D eigenvalue weighted by Crippen LogP contribution is -2.28. The number of benzene rings is 2. The van der Waals surface area contributed by atoms with Crippen LogP contribution in [0.5, 0.6) is 5.75 Å². The Hall–Kier alpha value is -2.80. The molecule has 0 atom stereocenters. The highest BCUT2D eigenvalue weighted by Crippen LogP contribution is 2.18. The topological polar surface area (TPSA) is 79.5 Å². The zero-order valence-electron chi connectivity index (χ0n) is 14.8. The average Bonchev–Trinajstić information content (AvgIpc) is 2.65. The fraction of sp³-hybridized carbons (Fsp3) is 0.200. The predicted octanol–water partition coefficient (Wildman–Crippen LogP) is 4.55. The molecule has 0 radical (unpaired) electrons. The minimum absolute atomic E-state index is 0.0859. The molecule has 2 aromatic rings. The largest absolute Gasteiger partial charge is 0.494 e. The molecule has 0 saturated heterocycles. The van der Waals surface area contributed by atoms with Crippen LogP contribution in [0.3, 0.4) is 0 Å². The van der Waals surface area contributed by atoms with Crippen molar-refractivity contribution in [1.82, 2.24) is 5.32 Å². The van der Waals surface area contributed by atoms with Crippen molar-refractivity contribution >= 4 is 39.2 Å². The fourth-order valence-corrected chi connectivity index (χ4v) is 2.56.